The minimum atomic E-state index is -2.89. The van der Waals surface area contributed by atoms with Gasteiger partial charge in [0.1, 0.15) is 5.75 Å². The van der Waals surface area contributed by atoms with Crippen LogP contribution in [0.4, 0.5) is 14.5 Å². The Hall–Kier alpha value is -2.46. The lowest BCUT2D eigenvalue weighted by molar-refractivity contribution is -0.113. The number of amides is 1. The van der Waals surface area contributed by atoms with Crippen LogP contribution in [0.5, 0.6) is 5.75 Å². The first-order valence-electron chi connectivity index (χ1n) is 7.57. The van der Waals surface area contributed by atoms with Crippen LogP contribution in [0.25, 0.3) is 11.5 Å². The number of thioether (sulfide) groups is 1. The van der Waals surface area contributed by atoms with Gasteiger partial charge < -0.3 is 14.5 Å². The molecule has 0 bridgehead atoms. The average Bonchev–Trinajstić information content (AvgIpc) is 3.10. The number of hydrogen-bond donors (Lipinski definition) is 1. The third-order valence-electron chi connectivity index (χ3n) is 3.20. The molecule has 0 fully saturated rings. The highest BCUT2D eigenvalue weighted by Gasteiger charge is 2.13. The second-order valence-electron chi connectivity index (χ2n) is 5.09. The summed E-state index contributed by atoms with van der Waals surface area (Å²) >= 11 is 4.50. The fourth-order valence-corrected chi connectivity index (χ4v) is 3.07. The zero-order valence-corrected chi connectivity index (χ0v) is 16.0. The van der Waals surface area contributed by atoms with Gasteiger partial charge >= 0.3 is 6.61 Å². The molecule has 3 aromatic rings. The second-order valence-corrected chi connectivity index (χ2v) is 6.87. The lowest BCUT2D eigenvalue weighted by Crippen LogP contribution is -2.14. The maximum Gasteiger partial charge on any atom is 0.387 e. The highest BCUT2D eigenvalue weighted by molar-refractivity contribution is 9.10. The maximum absolute atomic E-state index is 12.1. The van der Waals surface area contributed by atoms with E-state index in [0.717, 1.165) is 21.8 Å². The molecule has 0 unspecified atom stereocenters. The van der Waals surface area contributed by atoms with Crippen LogP contribution in [-0.4, -0.2) is 28.5 Å². The molecule has 0 radical (unpaired) electrons. The molecule has 0 spiro atoms. The summed E-state index contributed by atoms with van der Waals surface area (Å²) in [6, 6.07) is 13.0. The van der Waals surface area contributed by atoms with Crippen molar-refractivity contribution in [3.63, 3.8) is 0 Å². The van der Waals surface area contributed by atoms with Gasteiger partial charge in [-0.1, -0.05) is 23.9 Å². The largest absolute Gasteiger partial charge is 0.435 e. The number of rotatable bonds is 7. The number of benzene rings is 2. The molecule has 1 aromatic heterocycles. The van der Waals surface area contributed by atoms with Crippen LogP contribution in [0, 0.1) is 0 Å². The SMILES string of the molecule is O=C(CSc1nnc(-c2ccccc2Br)o1)Nc1ccc(OC(F)F)cc1. The quantitative estimate of drug-likeness (QED) is 0.514. The number of aromatic nitrogens is 2. The molecule has 0 saturated carbocycles. The molecule has 3 rings (SSSR count). The zero-order valence-electron chi connectivity index (χ0n) is 13.6. The maximum atomic E-state index is 12.1. The van der Waals surface area contributed by atoms with E-state index in [1.54, 1.807) is 0 Å². The Morgan fingerprint density at radius 1 is 1.19 bits per heavy atom. The molecule has 1 amide bonds. The van der Waals surface area contributed by atoms with E-state index >= 15 is 0 Å². The van der Waals surface area contributed by atoms with Gasteiger partial charge in [-0.15, -0.1) is 10.2 Å². The molecule has 6 nitrogen and oxygen atoms in total. The molecular formula is C17H12BrF2N3O3S. The van der Waals surface area contributed by atoms with Gasteiger partial charge in [-0.3, -0.25) is 4.79 Å². The number of anilines is 1. The smallest absolute Gasteiger partial charge is 0.387 e. The summed E-state index contributed by atoms with van der Waals surface area (Å²) in [5, 5.41) is 10.8. The summed E-state index contributed by atoms with van der Waals surface area (Å²) in [5.41, 5.74) is 1.22. The number of nitrogens with one attached hydrogen (secondary N) is 1. The van der Waals surface area contributed by atoms with Gasteiger partial charge in [-0.25, -0.2) is 0 Å². The van der Waals surface area contributed by atoms with Crippen LogP contribution in [0.1, 0.15) is 0 Å². The normalized spacial score (nSPS) is 10.8. The number of alkyl halides is 2. The first kappa shape index (κ1) is 19.3. The van der Waals surface area contributed by atoms with E-state index in [2.05, 4.69) is 36.2 Å². The fraction of sp³-hybridized carbons (Fsp3) is 0.118. The first-order chi connectivity index (χ1) is 13.0. The molecule has 140 valence electrons. The van der Waals surface area contributed by atoms with E-state index in [9.17, 15) is 13.6 Å². The van der Waals surface area contributed by atoms with Crippen molar-refractivity contribution in [3.05, 3.63) is 53.0 Å². The van der Waals surface area contributed by atoms with Crippen LogP contribution in [0.15, 0.2) is 62.6 Å². The first-order valence-corrected chi connectivity index (χ1v) is 9.35. The topological polar surface area (TPSA) is 77.2 Å². The average molecular weight is 456 g/mol. The summed E-state index contributed by atoms with van der Waals surface area (Å²) in [7, 11) is 0. The van der Waals surface area contributed by atoms with Crippen molar-refractivity contribution in [2.75, 3.05) is 11.1 Å². The molecule has 0 aliphatic rings. The van der Waals surface area contributed by atoms with Crippen molar-refractivity contribution < 1.29 is 22.7 Å². The van der Waals surface area contributed by atoms with Gasteiger partial charge in [-0.05, 0) is 52.3 Å². The molecule has 0 aliphatic heterocycles. The van der Waals surface area contributed by atoms with Crippen LogP contribution >= 0.6 is 27.7 Å². The number of hydrogen-bond acceptors (Lipinski definition) is 6. The van der Waals surface area contributed by atoms with Crippen LogP contribution in [0.3, 0.4) is 0 Å². The van der Waals surface area contributed by atoms with E-state index in [0.29, 0.717) is 11.6 Å². The number of nitrogens with zero attached hydrogens (tertiary/aromatic N) is 2. The third kappa shape index (κ3) is 5.51. The highest BCUT2D eigenvalue weighted by Crippen LogP contribution is 2.29. The second kappa shape index (κ2) is 8.96. The molecule has 2 aromatic carbocycles. The Kier molecular flexibility index (Phi) is 6.40. The number of carbonyl (C=O) groups is 1. The number of carbonyl (C=O) groups excluding carboxylic acids is 1. The van der Waals surface area contributed by atoms with Crippen molar-refractivity contribution in [2.45, 2.75) is 11.8 Å². The van der Waals surface area contributed by atoms with Crippen LogP contribution < -0.4 is 10.1 Å². The number of ether oxygens (including phenoxy) is 1. The predicted molar refractivity (Wildman–Crippen MR) is 99.9 cm³/mol. The van der Waals surface area contributed by atoms with Gasteiger partial charge in [0.25, 0.3) is 5.22 Å². The summed E-state index contributed by atoms with van der Waals surface area (Å²) in [6.07, 6.45) is 0. The van der Waals surface area contributed by atoms with Gasteiger partial charge in [0.05, 0.1) is 11.3 Å². The molecule has 0 aliphatic carbocycles. The van der Waals surface area contributed by atoms with Crippen molar-refractivity contribution in [1.82, 2.24) is 10.2 Å². The zero-order chi connectivity index (χ0) is 19.2. The summed E-state index contributed by atoms with van der Waals surface area (Å²) in [4.78, 5) is 12.0. The molecule has 10 heteroatoms. The van der Waals surface area contributed by atoms with Crippen molar-refractivity contribution >= 4 is 39.3 Å². The van der Waals surface area contributed by atoms with Gasteiger partial charge in [-0.2, -0.15) is 8.78 Å². The molecule has 1 N–H and O–H groups in total. The minimum Gasteiger partial charge on any atom is -0.435 e. The highest BCUT2D eigenvalue weighted by atomic mass is 79.9. The van der Waals surface area contributed by atoms with E-state index in [1.807, 2.05) is 24.3 Å². The Balaban J connectivity index is 1.53. The summed E-state index contributed by atoms with van der Waals surface area (Å²) in [6.45, 7) is -2.89. The monoisotopic (exact) mass is 455 g/mol. The molecular weight excluding hydrogens is 444 g/mol. The predicted octanol–water partition coefficient (Wildman–Crippen LogP) is 4.83. The standard InChI is InChI=1S/C17H12BrF2N3O3S/c18-13-4-2-1-3-12(13)15-22-23-17(26-15)27-9-14(24)21-10-5-7-11(8-6-10)25-16(19)20/h1-8,16H,9H2,(H,21,24). The Labute approximate surface area is 165 Å². The molecule has 27 heavy (non-hydrogen) atoms. The van der Waals surface area contributed by atoms with Crippen LogP contribution in [0.2, 0.25) is 0 Å². The van der Waals surface area contributed by atoms with Crippen molar-refractivity contribution in [2.24, 2.45) is 0 Å². The van der Waals surface area contributed by atoms with Gasteiger partial charge in [0.15, 0.2) is 0 Å². The molecule has 0 atom stereocenters. The third-order valence-corrected chi connectivity index (χ3v) is 4.71. The van der Waals surface area contributed by atoms with E-state index in [1.165, 1.54) is 24.3 Å². The summed E-state index contributed by atoms with van der Waals surface area (Å²) < 4.78 is 34.8. The Morgan fingerprint density at radius 3 is 2.63 bits per heavy atom. The lowest BCUT2D eigenvalue weighted by Gasteiger charge is -2.06. The molecule has 0 saturated heterocycles. The van der Waals surface area contributed by atoms with Crippen molar-refractivity contribution in [1.29, 1.82) is 0 Å². The Bertz CT molecular complexity index is 922. The summed E-state index contributed by atoms with van der Waals surface area (Å²) in [5.74, 6) is 0.110. The Morgan fingerprint density at radius 2 is 1.93 bits per heavy atom. The lowest BCUT2D eigenvalue weighted by atomic mass is 10.2. The van der Waals surface area contributed by atoms with Crippen molar-refractivity contribution in [3.8, 4) is 17.2 Å². The number of halogens is 3. The van der Waals surface area contributed by atoms with E-state index in [-0.39, 0.29) is 22.6 Å². The molecule has 1 heterocycles. The fourth-order valence-electron chi connectivity index (χ4n) is 2.06. The minimum absolute atomic E-state index is 0.0165. The van der Waals surface area contributed by atoms with E-state index in [4.69, 9.17) is 4.42 Å². The van der Waals surface area contributed by atoms with Gasteiger partial charge in [0.2, 0.25) is 11.8 Å². The van der Waals surface area contributed by atoms with E-state index < -0.39 is 6.61 Å². The van der Waals surface area contributed by atoms with Crippen LogP contribution in [-0.2, 0) is 4.79 Å². The van der Waals surface area contributed by atoms with Gasteiger partial charge in [0, 0.05) is 10.2 Å².